The highest BCUT2D eigenvalue weighted by Gasteiger charge is 2.35. The van der Waals surface area contributed by atoms with Crippen molar-refractivity contribution < 1.29 is 14.3 Å². The van der Waals surface area contributed by atoms with Gasteiger partial charge in [0.05, 0.1) is 12.2 Å². The van der Waals surface area contributed by atoms with Gasteiger partial charge in [-0.2, -0.15) is 4.98 Å². The number of benzene rings is 2. The molecule has 3 aromatic rings. The van der Waals surface area contributed by atoms with Crippen LogP contribution in [0.2, 0.25) is 5.02 Å². The van der Waals surface area contributed by atoms with Crippen molar-refractivity contribution in [3.63, 3.8) is 0 Å². The van der Waals surface area contributed by atoms with Crippen LogP contribution in [0.4, 0.5) is 5.95 Å². The Kier molecular flexibility index (Phi) is 7.80. The molecule has 4 rings (SSSR count). The van der Waals surface area contributed by atoms with Crippen molar-refractivity contribution in [1.82, 2.24) is 14.8 Å². The van der Waals surface area contributed by atoms with Crippen LogP contribution in [0.1, 0.15) is 44.4 Å². The fraction of sp³-hybridized carbons (Fsp3) is 0.320. The van der Waals surface area contributed by atoms with Gasteiger partial charge in [-0.05, 0) is 42.9 Å². The molecule has 1 unspecified atom stereocenters. The normalized spacial score (nSPS) is 15.0. The van der Waals surface area contributed by atoms with Crippen LogP contribution in [0.5, 0.6) is 5.75 Å². The number of esters is 1. The monoisotopic (exact) mass is 498 g/mol. The number of thioether (sulfide) groups is 1. The zero-order valence-electron chi connectivity index (χ0n) is 19.4. The first-order valence-electron chi connectivity index (χ1n) is 11.2. The Morgan fingerprint density at radius 3 is 2.65 bits per heavy atom. The van der Waals surface area contributed by atoms with Crippen molar-refractivity contribution in [3.05, 3.63) is 76.0 Å². The molecule has 0 spiro atoms. The number of carbonyl (C=O) groups excluding carboxylic acids is 1. The second-order valence-corrected chi connectivity index (χ2v) is 9.39. The summed E-state index contributed by atoms with van der Waals surface area (Å²) in [5.41, 5.74) is 3.02. The molecular formula is C25H27ClN4O3S. The average molecular weight is 499 g/mol. The maximum atomic E-state index is 13.0. The smallest absolute Gasteiger partial charge is 0.338 e. The fourth-order valence-corrected chi connectivity index (χ4v) is 4.43. The zero-order chi connectivity index (χ0) is 24.1. The Hall–Kier alpha value is -2.97. The van der Waals surface area contributed by atoms with Crippen LogP contribution >= 0.6 is 23.4 Å². The third-order valence-corrected chi connectivity index (χ3v) is 6.40. The highest BCUT2D eigenvalue weighted by atomic mass is 35.5. The molecule has 1 aliphatic rings. The number of fused-ring (bicyclic) bond motifs is 1. The van der Waals surface area contributed by atoms with Gasteiger partial charge in [-0.15, -0.1) is 5.10 Å². The van der Waals surface area contributed by atoms with Crippen molar-refractivity contribution in [2.45, 2.75) is 45.0 Å². The van der Waals surface area contributed by atoms with Gasteiger partial charge in [-0.3, -0.25) is 0 Å². The number of halogens is 1. The van der Waals surface area contributed by atoms with Crippen molar-refractivity contribution in [3.8, 4) is 5.75 Å². The summed E-state index contributed by atoms with van der Waals surface area (Å²) in [4.78, 5) is 17.6. The van der Waals surface area contributed by atoms with Crippen LogP contribution in [0.15, 0.2) is 65.0 Å². The number of anilines is 1. The van der Waals surface area contributed by atoms with Crippen molar-refractivity contribution in [2.75, 3.05) is 17.7 Å². The van der Waals surface area contributed by atoms with Crippen LogP contribution in [0, 0.1) is 0 Å². The molecule has 0 amide bonds. The number of nitrogens with zero attached hydrogens (tertiary/aromatic N) is 3. The maximum absolute atomic E-state index is 13.0. The summed E-state index contributed by atoms with van der Waals surface area (Å²) in [6.45, 7) is 6.61. The quantitative estimate of drug-likeness (QED) is 0.292. The van der Waals surface area contributed by atoms with Crippen LogP contribution in [-0.2, 0) is 16.1 Å². The Balaban J connectivity index is 1.63. The molecule has 1 N–H and O–H groups in total. The predicted molar refractivity (Wildman–Crippen MR) is 134 cm³/mol. The second kappa shape index (κ2) is 11.0. The Bertz CT molecular complexity index is 1190. The predicted octanol–water partition coefficient (Wildman–Crippen LogP) is 5.86. The lowest BCUT2D eigenvalue weighted by Gasteiger charge is -2.28. The Labute approximate surface area is 208 Å². The highest BCUT2D eigenvalue weighted by Crippen LogP contribution is 2.37. The highest BCUT2D eigenvalue weighted by molar-refractivity contribution is 7.99. The molecule has 2 heterocycles. The number of hydrogen-bond acceptors (Lipinski definition) is 7. The van der Waals surface area contributed by atoms with E-state index in [1.165, 1.54) is 0 Å². The SMILES string of the molecule is CCCOC(=O)C1=C(C)Nc2nc(SCC)nn2C1c1ccc(OCc2ccccc2Cl)cc1. The molecule has 1 aliphatic heterocycles. The van der Waals surface area contributed by atoms with E-state index in [9.17, 15) is 4.79 Å². The lowest BCUT2D eigenvalue weighted by molar-refractivity contribution is -0.139. The summed E-state index contributed by atoms with van der Waals surface area (Å²) in [6.07, 6.45) is 0.749. The standard InChI is InChI=1S/C25H27ClN4O3S/c1-4-14-32-23(31)21-16(3)27-24-28-25(34-5-2)29-30(24)22(21)17-10-12-19(13-11-17)33-15-18-8-6-7-9-20(18)26/h6-13,22H,4-5,14-15H2,1-3H3,(H,27,28,29). The molecular weight excluding hydrogens is 472 g/mol. The maximum Gasteiger partial charge on any atom is 0.338 e. The molecule has 0 fully saturated rings. The minimum Gasteiger partial charge on any atom is -0.489 e. The van der Waals surface area contributed by atoms with Gasteiger partial charge in [0.25, 0.3) is 0 Å². The molecule has 0 saturated carbocycles. The van der Waals surface area contributed by atoms with Crippen LogP contribution in [0.3, 0.4) is 0 Å². The number of ether oxygens (including phenoxy) is 2. The summed E-state index contributed by atoms with van der Waals surface area (Å²) in [5, 5.41) is 9.22. The minimum atomic E-state index is -0.461. The first kappa shape index (κ1) is 24.2. The number of aromatic nitrogens is 3. The van der Waals surface area contributed by atoms with E-state index in [2.05, 4.69) is 15.4 Å². The van der Waals surface area contributed by atoms with E-state index in [0.717, 1.165) is 23.3 Å². The molecule has 0 bridgehead atoms. The van der Waals surface area contributed by atoms with Gasteiger partial charge < -0.3 is 14.8 Å². The fourth-order valence-electron chi connectivity index (χ4n) is 3.69. The average Bonchev–Trinajstić information content (AvgIpc) is 3.23. The number of rotatable bonds is 9. The first-order valence-corrected chi connectivity index (χ1v) is 12.6. The van der Waals surface area contributed by atoms with Gasteiger partial charge in [0.1, 0.15) is 18.4 Å². The third kappa shape index (κ3) is 5.23. The molecule has 1 aromatic heterocycles. The number of nitrogens with one attached hydrogen (secondary N) is 1. The van der Waals surface area contributed by atoms with E-state index in [0.29, 0.717) is 46.4 Å². The molecule has 0 aliphatic carbocycles. The minimum absolute atomic E-state index is 0.359. The first-order chi connectivity index (χ1) is 16.5. The second-order valence-electron chi connectivity index (χ2n) is 7.75. The van der Waals surface area contributed by atoms with E-state index >= 15 is 0 Å². The Morgan fingerprint density at radius 1 is 1.18 bits per heavy atom. The van der Waals surface area contributed by atoms with Crippen molar-refractivity contribution in [1.29, 1.82) is 0 Å². The van der Waals surface area contributed by atoms with Gasteiger partial charge >= 0.3 is 5.97 Å². The molecule has 0 saturated heterocycles. The number of hydrogen-bond donors (Lipinski definition) is 1. The molecule has 7 nitrogen and oxygen atoms in total. The van der Waals surface area contributed by atoms with Gasteiger partial charge in [-0.25, -0.2) is 9.48 Å². The summed E-state index contributed by atoms with van der Waals surface area (Å²) >= 11 is 7.78. The third-order valence-electron chi connectivity index (χ3n) is 5.31. The molecule has 0 radical (unpaired) electrons. The van der Waals surface area contributed by atoms with Gasteiger partial charge in [0.2, 0.25) is 11.1 Å². The van der Waals surface area contributed by atoms with Gasteiger partial charge in [-0.1, -0.05) is 67.5 Å². The van der Waals surface area contributed by atoms with Crippen molar-refractivity contribution >= 4 is 35.3 Å². The van der Waals surface area contributed by atoms with Gasteiger partial charge in [0.15, 0.2) is 0 Å². The van der Waals surface area contributed by atoms with E-state index < -0.39 is 6.04 Å². The van der Waals surface area contributed by atoms with E-state index in [-0.39, 0.29) is 5.97 Å². The number of carbonyl (C=O) groups is 1. The van der Waals surface area contributed by atoms with Crippen LogP contribution < -0.4 is 10.1 Å². The lowest BCUT2D eigenvalue weighted by atomic mass is 9.96. The molecule has 1 atom stereocenters. The lowest BCUT2D eigenvalue weighted by Crippen LogP contribution is -2.29. The van der Waals surface area contributed by atoms with Crippen molar-refractivity contribution in [2.24, 2.45) is 0 Å². The topological polar surface area (TPSA) is 78.3 Å². The van der Waals surface area contributed by atoms with Crippen LogP contribution in [0.25, 0.3) is 0 Å². The summed E-state index contributed by atoms with van der Waals surface area (Å²) < 4.78 is 13.2. The number of allylic oxidation sites excluding steroid dienone is 1. The largest absolute Gasteiger partial charge is 0.489 e. The van der Waals surface area contributed by atoms with E-state index in [4.69, 9.17) is 21.1 Å². The molecule has 178 valence electrons. The summed E-state index contributed by atoms with van der Waals surface area (Å²) in [6, 6.07) is 14.8. The zero-order valence-corrected chi connectivity index (χ0v) is 20.9. The Morgan fingerprint density at radius 2 is 1.94 bits per heavy atom. The summed E-state index contributed by atoms with van der Waals surface area (Å²) in [7, 11) is 0. The van der Waals surface area contributed by atoms with Gasteiger partial charge in [0, 0.05) is 16.3 Å². The summed E-state index contributed by atoms with van der Waals surface area (Å²) in [5.74, 6) is 1.80. The molecule has 34 heavy (non-hydrogen) atoms. The molecule has 2 aromatic carbocycles. The van der Waals surface area contributed by atoms with Crippen LogP contribution in [-0.4, -0.2) is 33.1 Å². The van der Waals surface area contributed by atoms with E-state index in [1.807, 2.05) is 69.3 Å². The van der Waals surface area contributed by atoms with E-state index in [1.54, 1.807) is 16.4 Å². The molecule has 9 heteroatoms.